The highest BCUT2D eigenvalue weighted by atomic mass is 16.1. The SMILES string of the molecule is CCN1CCC[C@@H]1CNC(=O)c1ccc(-c2cc(-c3cccc4ccccc34)[nH]n2)cc1. The number of fused-ring (bicyclic) bond motifs is 1. The largest absolute Gasteiger partial charge is 0.350 e. The van der Waals surface area contributed by atoms with Crippen LogP contribution in [0.4, 0.5) is 0 Å². The third-order valence-corrected chi connectivity index (χ3v) is 6.50. The summed E-state index contributed by atoms with van der Waals surface area (Å²) >= 11 is 0. The van der Waals surface area contributed by atoms with Crippen molar-refractivity contribution in [3.05, 3.63) is 78.4 Å². The summed E-state index contributed by atoms with van der Waals surface area (Å²) in [7, 11) is 0. The average molecular weight is 425 g/mol. The van der Waals surface area contributed by atoms with Crippen molar-refractivity contribution in [2.24, 2.45) is 0 Å². The number of aromatic nitrogens is 2. The highest BCUT2D eigenvalue weighted by molar-refractivity contribution is 5.96. The topological polar surface area (TPSA) is 61.0 Å². The second-order valence-corrected chi connectivity index (χ2v) is 8.41. The second kappa shape index (κ2) is 8.97. The van der Waals surface area contributed by atoms with Crippen LogP contribution in [0, 0.1) is 0 Å². The van der Waals surface area contributed by atoms with E-state index in [1.54, 1.807) is 0 Å². The molecular weight excluding hydrogens is 396 g/mol. The number of aromatic amines is 1. The van der Waals surface area contributed by atoms with Crippen molar-refractivity contribution in [2.45, 2.75) is 25.8 Å². The van der Waals surface area contributed by atoms with Gasteiger partial charge in [-0.2, -0.15) is 5.10 Å². The molecule has 1 aliphatic rings. The highest BCUT2D eigenvalue weighted by Crippen LogP contribution is 2.30. The Balaban J connectivity index is 1.29. The maximum Gasteiger partial charge on any atom is 0.251 e. The van der Waals surface area contributed by atoms with E-state index in [1.165, 1.54) is 17.2 Å². The molecule has 32 heavy (non-hydrogen) atoms. The molecule has 5 nitrogen and oxygen atoms in total. The zero-order valence-electron chi connectivity index (χ0n) is 18.3. The van der Waals surface area contributed by atoms with Crippen LogP contribution < -0.4 is 5.32 Å². The molecule has 3 aromatic carbocycles. The lowest BCUT2D eigenvalue weighted by atomic mass is 10.0. The minimum absolute atomic E-state index is 0.0158. The van der Waals surface area contributed by atoms with Crippen molar-refractivity contribution in [1.29, 1.82) is 0 Å². The van der Waals surface area contributed by atoms with Gasteiger partial charge in [-0.05, 0) is 54.9 Å². The molecule has 5 rings (SSSR count). The fourth-order valence-electron chi connectivity index (χ4n) is 4.72. The standard InChI is InChI=1S/C27H28N4O/c1-2-31-16-6-9-22(31)18-28-27(32)21-14-12-20(13-15-21)25-17-26(30-29-25)24-11-5-8-19-7-3-4-10-23(19)24/h3-5,7-8,10-15,17,22H,2,6,9,16,18H2,1H3,(H,28,32)(H,29,30)/t22-/m1/s1. The van der Waals surface area contributed by atoms with Crippen molar-refractivity contribution in [3.63, 3.8) is 0 Å². The monoisotopic (exact) mass is 424 g/mol. The number of nitrogens with one attached hydrogen (secondary N) is 2. The number of hydrogen-bond acceptors (Lipinski definition) is 3. The molecule has 1 amide bonds. The van der Waals surface area contributed by atoms with Crippen molar-refractivity contribution in [2.75, 3.05) is 19.6 Å². The summed E-state index contributed by atoms with van der Waals surface area (Å²) in [5.74, 6) is -0.0158. The zero-order valence-corrected chi connectivity index (χ0v) is 18.3. The van der Waals surface area contributed by atoms with E-state index in [1.807, 2.05) is 24.3 Å². The molecule has 0 aliphatic carbocycles. The third-order valence-electron chi connectivity index (χ3n) is 6.50. The molecule has 5 heteroatoms. The Morgan fingerprint density at radius 3 is 2.75 bits per heavy atom. The van der Waals surface area contributed by atoms with Crippen LogP contribution >= 0.6 is 0 Å². The Bertz CT molecular complexity index is 1220. The summed E-state index contributed by atoms with van der Waals surface area (Å²) in [5, 5.41) is 13.2. The first-order valence-electron chi connectivity index (χ1n) is 11.4. The number of benzene rings is 3. The minimum Gasteiger partial charge on any atom is -0.350 e. The van der Waals surface area contributed by atoms with Crippen LogP contribution in [0.1, 0.15) is 30.1 Å². The highest BCUT2D eigenvalue weighted by Gasteiger charge is 2.23. The van der Waals surface area contributed by atoms with E-state index in [-0.39, 0.29) is 5.91 Å². The predicted molar refractivity (Wildman–Crippen MR) is 130 cm³/mol. The maximum absolute atomic E-state index is 12.6. The van der Waals surface area contributed by atoms with E-state index < -0.39 is 0 Å². The Hall–Kier alpha value is -3.44. The summed E-state index contributed by atoms with van der Waals surface area (Å²) in [5.41, 5.74) is 4.64. The Kier molecular flexibility index (Phi) is 5.73. The summed E-state index contributed by atoms with van der Waals surface area (Å²) in [6.45, 7) is 5.07. The lowest BCUT2D eigenvalue weighted by Gasteiger charge is -2.22. The van der Waals surface area contributed by atoms with E-state index >= 15 is 0 Å². The van der Waals surface area contributed by atoms with Gasteiger partial charge in [0.15, 0.2) is 0 Å². The Labute approximate surface area is 188 Å². The van der Waals surface area contributed by atoms with E-state index in [0.717, 1.165) is 42.0 Å². The first kappa shape index (κ1) is 20.5. The van der Waals surface area contributed by atoms with E-state index in [4.69, 9.17) is 0 Å². The van der Waals surface area contributed by atoms with Gasteiger partial charge < -0.3 is 5.32 Å². The van der Waals surface area contributed by atoms with Gasteiger partial charge in [0.05, 0.1) is 11.4 Å². The predicted octanol–water partition coefficient (Wildman–Crippen LogP) is 5.11. The number of rotatable bonds is 6. The van der Waals surface area contributed by atoms with Crippen LogP contribution in [0.15, 0.2) is 72.8 Å². The number of nitrogens with zero attached hydrogens (tertiary/aromatic N) is 2. The van der Waals surface area contributed by atoms with Crippen LogP contribution in [0.5, 0.6) is 0 Å². The van der Waals surface area contributed by atoms with Crippen LogP contribution in [-0.2, 0) is 0 Å². The van der Waals surface area contributed by atoms with Crippen LogP contribution in [0.3, 0.4) is 0 Å². The first-order chi connectivity index (χ1) is 15.7. The van der Waals surface area contributed by atoms with E-state index in [9.17, 15) is 4.79 Å². The van der Waals surface area contributed by atoms with Crippen molar-refractivity contribution in [3.8, 4) is 22.5 Å². The molecule has 1 aliphatic heterocycles. The molecular formula is C27H28N4O. The number of hydrogen-bond donors (Lipinski definition) is 2. The molecule has 1 saturated heterocycles. The smallest absolute Gasteiger partial charge is 0.251 e. The Morgan fingerprint density at radius 1 is 1.09 bits per heavy atom. The molecule has 2 N–H and O–H groups in total. The lowest BCUT2D eigenvalue weighted by molar-refractivity contribution is 0.0941. The van der Waals surface area contributed by atoms with Gasteiger partial charge in [0.1, 0.15) is 0 Å². The van der Waals surface area contributed by atoms with Crippen molar-refractivity contribution >= 4 is 16.7 Å². The number of carbonyl (C=O) groups is 1. The summed E-state index contributed by atoms with van der Waals surface area (Å²) in [4.78, 5) is 15.0. The fraction of sp³-hybridized carbons (Fsp3) is 0.259. The van der Waals surface area contributed by atoms with Crippen LogP contribution in [-0.4, -0.2) is 46.7 Å². The molecule has 4 aromatic rings. The van der Waals surface area contributed by atoms with Gasteiger partial charge in [0.2, 0.25) is 0 Å². The molecule has 2 heterocycles. The van der Waals surface area contributed by atoms with Gasteiger partial charge in [-0.15, -0.1) is 0 Å². The van der Waals surface area contributed by atoms with Gasteiger partial charge in [0, 0.05) is 29.3 Å². The maximum atomic E-state index is 12.6. The Morgan fingerprint density at radius 2 is 1.91 bits per heavy atom. The fourth-order valence-corrected chi connectivity index (χ4v) is 4.72. The molecule has 0 bridgehead atoms. The normalized spacial score (nSPS) is 16.5. The molecule has 1 fully saturated rings. The van der Waals surface area contributed by atoms with E-state index in [2.05, 4.69) is 75.9 Å². The lowest BCUT2D eigenvalue weighted by Crippen LogP contribution is -2.40. The second-order valence-electron chi connectivity index (χ2n) is 8.41. The molecule has 0 spiro atoms. The molecule has 1 atom stereocenters. The van der Waals surface area contributed by atoms with Crippen molar-refractivity contribution < 1.29 is 4.79 Å². The van der Waals surface area contributed by atoms with Gasteiger partial charge >= 0.3 is 0 Å². The molecule has 0 unspecified atom stereocenters. The molecule has 0 saturated carbocycles. The molecule has 162 valence electrons. The number of carbonyl (C=O) groups excluding carboxylic acids is 1. The quantitative estimate of drug-likeness (QED) is 0.452. The first-order valence-corrected chi connectivity index (χ1v) is 11.4. The van der Waals surface area contributed by atoms with Gasteiger partial charge in [-0.25, -0.2) is 0 Å². The summed E-state index contributed by atoms with van der Waals surface area (Å²) in [6.07, 6.45) is 2.37. The third kappa shape index (κ3) is 4.04. The zero-order chi connectivity index (χ0) is 21.9. The molecule has 0 radical (unpaired) electrons. The summed E-state index contributed by atoms with van der Waals surface area (Å²) < 4.78 is 0. The average Bonchev–Trinajstić information content (AvgIpc) is 3.52. The minimum atomic E-state index is -0.0158. The number of H-pyrrole nitrogens is 1. The molecule has 1 aromatic heterocycles. The van der Waals surface area contributed by atoms with Crippen LogP contribution in [0.25, 0.3) is 33.3 Å². The van der Waals surface area contributed by atoms with Crippen molar-refractivity contribution in [1.82, 2.24) is 20.4 Å². The van der Waals surface area contributed by atoms with Gasteiger partial charge in [-0.1, -0.05) is 61.5 Å². The van der Waals surface area contributed by atoms with Gasteiger partial charge in [0.25, 0.3) is 5.91 Å². The number of likely N-dealkylation sites (N-methyl/N-ethyl adjacent to an activating group) is 1. The number of likely N-dealkylation sites (tertiary alicyclic amines) is 1. The van der Waals surface area contributed by atoms with E-state index in [0.29, 0.717) is 18.2 Å². The number of amides is 1. The summed E-state index contributed by atoms with van der Waals surface area (Å²) in [6, 6.07) is 24.9. The van der Waals surface area contributed by atoms with Gasteiger partial charge in [-0.3, -0.25) is 14.8 Å². The van der Waals surface area contributed by atoms with Crippen LogP contribution in [0.2, 0.25) is 0 Å².